The largest absolute Gasteiger partial charge is 0.497 e. The molecular weight excluding hydrogens is 461 g/mol. The number of benzene rings is 3. The normalized spacial score (nSPS) is 10.7. The maximum Gasteiger partial charge on any atom is 0.279 e. The second kappa shape index (κ2) is 12.3. The molecule has 0 aliphatic heterocycles. The molecule has 0 heterocycles. The van der Waals surface area contributed by atoms with Crippen LogP contribution in [-0.2, 0) is 16.0 Å². The summed E-state index contributed by atoms with van der Waals surface area (Å²) < 4.78 is 5.20. The van der Waals surface area contributed by atoms with Crippen molar-refractivity contribution in [2.45, 2.75) is 6.42 Å². The van der Waals surface area contributed by atoms with Crippen LogP contribution in [0.2, 0.25) is 10.0 Å². The summed E-state index contributed by atoms with van der Waals surface area (Å²) in [5.41, 5.74) is 2.42. The average Bonchev–Trinajstić information content (AvgIpc) is 2.81. The molecular formula is C25H26Cl2N3O3+. The van der Waals surface area contributed by atoms with E-state index in [9.17, 15) is 9.59 Å². The van der Waals surface area contributed by atoms with Gasteiger partial charge in [0, 0.05) is 27.8 Å². The Hall–Kier alpha value is -3.06. The lowest BCUT2D eigenvalue weighted by Gasteiger charge is -2.19. The van der Waals surface area contributed by atoms with Crippen LogP contribution in [-0.4, -0.2) is 38.6 Å². The first-order valence-corrected chi connectivity index (χ1v) is 11.2. The molecule has 3 aromatic carbocycles. The van der Waals surface area contributed by atoms with Crippen LogP contribution in [0.5, 0.6) is 5.75 Å². The highest BCUT2D eigenvalue weighted by molar-refractivity contribution is 6.31. The molecule has 0 unspecified atom stereocenters. The van der Waals surface area contributed by atoms with E-state index < -0.39 is 0 Å². The van der Waals surface area contributed by atoms with Crippen molar-refractivity contribution < 1.29 is 19.2 Å². The summed E-state index contributed by atoms with van der Waals surface area (Å²) in [5, 5.41) is 6.91. The molecule has 3 aromatic rings. The molecule has 0 aromatic heterocycles. The smallest absolute Gasteiger partial charge is 0.279 e. The number of quaternary nitrogens is 1. The summed E-state index contributed by atoms with van der Waals surface area (Å²) in [5.74, 6) is 0.426. The number of hydrogen-bond donors (Lipinski definition) is 3. The summed E-state index contributed by atoms with van der Waals surface area (Å²) in [6.07, 6.45) is 0.710. The zero-order chi connectivity index (χ0) is 23.6. The molecule has 8 heteroatoms. The van der Waals surface area contributed by atoms with Gasteiger partial charge in [0.2, 0.25) is 0 Å². The third-order valence-corrected chi connectivity index (χ3v) is 5.51. The van der Waals surface area contributed by atoms with Gasteiger partial charge in [0.25, 0.3) is 11.8 Å². The minimum atomic E-state index is -0.179. The van der Waals surface area contributed by atoms with Crippen molar-refractivity contribution >= 4 is 46.4 Å². The number of methoxy groups -OCH3 is 1. The number of carbonyl (C=O) groups excluding carboxylic acids is 2. The van der Waals surface area contributed by atoms with Crippen molar-refractivity contribution in [1.82, 2.24) is 0 Å². The highest BCUT2D eigenvalue weighted by Crippen LogP contribution is 2.14. The van der Waals surface area contributed by atoms with Gasteiger partial charge in [-0.05, 0) is 66.2 Å². The minimum absolute atomic E-state index is 0.146. The summed E-state index contributed by atoms with van der Waals surface area (Å²) >= 11 is 11.8. The van der Waals surface area contributed by atoms with Gasteiger partial charge in [0.15, 0.2) is 13.1 Å². The number of rotatable bonds is 10. The van der Waals surface area contributed by atoms with Crippen molar-refractivity contribution in [3.63, 3.8) is 0 Å². The zero-order valence-corrected chi connectivity index (χ0v) is 19.7. The Morgan fingerprint density at radius 3 is 1.64 bits per heavy atom. The van der Waals surface area contributed by atoms with Crippen molar-refractivity contribution in [3.05, 3.63) is 88.4 Å². The third-order valence-electron chi connectivity index (χ3n) is 5.00. The van der Waals surface area contributed by atoms with E-state index in [0.29, 0.717) is 34.4 Å². The third kappa shape index (κ3) is 8.42. The molecule has 172 valence electrons. The number of hydrogen-bond acceptors (Lipinski definition) is 3. The van der Waals surface area contributed by atoms with Crippen LogP contribution in [0.25, 0.3) is 0 Å². The van der Waals surface area contributed by atoms with Crippen molar-refractivity contribution in [3.8, 4) is 5.75 Å². The molecule has 3 rings (SSSR count). The van der Waals surface area contributed by atoms with Gasteiger partial charge in [0.1, 0.15) is 5.75 Å². The van der Waals surface area contributed by atoms with Crippen LogP contribution in [0.4, 0.5) is 11.4 Å². The second-order valence-electron chi connectivity index (χ2n) is 7.56. The molecule has 0 radical (unpaired) electrons. The number of anilines is 2. The fraction of sp³-hybridized carbons (Fsp3) is 0.200. The molecule has 0 saturated heterocycles. The lowest BCUT2D eigenvalue weighted by Crippen LogP contribution is -3.14. The van der Waals surface area contributed by atoms with Gasteiger partial charge in [-0.15, -0.1) is 0 Å². The van der Waals surface area contributed by atoms with Crippen LogP contribution in [0.3, 0.4) is 0 Å². The Balaban J connectivity index is 1.62. The van der Waals surface area contributed by atoms with E-state index in [1.807, 2.05) is 24.3 Å². The lowest BCUT2D eigenvalue weighted by atomic mass is 10.1. The molecule has 0 aliphatic rings. The Labute approximate surface area is 203 Å². The zero-order valence-electron chi connectivity index (χ0n) is 18.2. The quantitative estimate of drug-likeness (QED) is 0.409. The summed E-state index contributed by atoms with van der Waals surface area (Å²) in [4.78, 5) is 26.1. The number of halogens is 2. The number of carbonyl (C=O) groups is 2. The summed E-state index contributed by atoms with van der Waals surface area (Å²) in [6, 6.07) is 21.6. The number of ether oxygens (including phenoxy) is 1. The average molecular weight is 487 g/mol. The molecule has 0 fully saturated rings. The van der Waals surface area contributed by atoms with Crippen molar-refractivity contribution in [2.24, 2.45) is 0 Å². The van der Waals surface area contributed by atoms with Gasteiger partial charge in [-0.25, -0.2) is 0 Å². The van der Waals surface area contributed by atoms with E-state index in [0.717, 1.165) is 16.2 Å². The SMILES string of the molecule is COc1ccc(CC[NH+](CC(=O)Nc2ccc(Cl)cc2)CC(=O)Nc2ccc(Cl)cc2)cc1. The predicted octanol–water partition coefficient (Wildman–Crippen LogP) is 3.71. The molecule has 0 bridgehead atoms. The minimum Gasteiger partial charge on any atom is -0.497 e. The van der Waals surface area contributed by atoms with Gasteiger partial charge >= 0.3 is 0 Å². The Morgan fingerprint density at radius 2 is 1.21 bits per heavy atom. The van der Waals surface area contributed by atoms with Gasteiger partial charge in [-0.3, -0.25) is 9.59 Å². The topological polar surface area (TPSA) is 71.9 Å². The Morgan fingerprint density at radius 1 is 0.758 bits per heavy atom. The number of nitrogens with one attached hydrogen (secondary N) is 3. The Kier molecular flexibility index (Phi) is 9.13. The Bertz CT molecular complexity index is 994. The van der Waals surface area contributed by atoms with Crippen LogP contribution < -0.4 is 20.3 Å². The fourth-order valence-corrected chi connectivity index (χ4v) is 3.54. The molecule has 0 aliphatic carbocycles. The molecule has 0 atom stereocenters. The van der Waals surface area contributed by atoms with Crippen LogP contribution >= 0.6 is 23.2 Å². The van der Waals surface area contributed by atoms with E-state index in [1.165, 1.54) is 0 Å². The highest BCUT2D eigenvalue weighted by Gasteiger charge is 2.19. The van der Waals surface area contributed by atoms with Crippen molar-refractivity contribution in [2.75, 3.05) is 37.4 Å². The van der Waals surface area contributed by atoms with Crippen LogP contribution in [0, 0.1) is 0 Å². The summed E-state index contributed by atoms with van der Waals surface area (Å²) in [7, 11) is 1.62. The molecule has 3 N–H and O–H groups in total. The van der Waals surface area contributed by atoms with E-state index in [-0.39, 0.29) is 24.9 Å². The maximum absolute atomic E-state index is 12.7. The fourth-order valence-electron chi connectivity index (χ4n) is 3.28. The lowest BCUT2D eigenvalue weighted by molar-refractivity contribution is -0.883. The first kappa shape index (κ1) is 24.6. The standard InChI is InChI=1S/C25H25Cl2N3O3/c1-33-23-12-2-18(3-13-23)14-15-30(16-24(31)28-21-8-4-19(26)5-9-21)17-25(32)29-22-10-6-20(27)7-11-22/h2-13H,14-17H2,1H3,(H,28,31)(H,29,32)/p+1. The number of amides is 2. The van der Waals surface area contributed by atoms with E-state index in [2.05, 4.69) is 10.6 Å². The van der Waals surface area contributed by atoms with Gasteiger partial charge in [-0.1, -0.05) is 35.3 Å². The van der Waals surface area contributed by atoms with Gasteiger partial charge in [0.05, 0.1) is 13.7 Å². The highest BCUT2D eigenvalue weighted by atomic mass is 35.5. The first-order valence-electron chi connectivity index (χ1n) is 10.5. The van der Waals surface area contributed by atoms with Gasteiger partial charge in [-0.2, -0.15) is 0 Å². The van der Waals surface area contributed by atoms with Crippen LogP contribution in [0.15, 0.2) is 72.8 Å². The summed E-state index contributed by atoms with van der Waals surface area (Å²) in [6.45, 7) is 0.897. The molecule has 0 spiro atoms. The van der Waals surface area contributed by atoms with E-state index >= 15 is 0 Å². The molecule has 33 heavy (non-hydrogen) atoms. The molecule has 2 amide bonds. The van der Waals surface area contributed by atoms with Crippen LogP contribution in [0.1, 0.15) is 5.56 Å². The maximum atomic E-state index is 12.7. The molecule has 0 saturated carbocycles. The van der Waals surface area contributed by atoms with Crippen molar-refractivity contribution in [1.29, 1.82) is 0 Å². The van der Waals surface area contributed by atoms with Gasteiger partial charge < -0.3 is 20.3 Å². The predicted molar refractivity (Wildman–Crippen MR) is 132 cm³/mol. The monoisotopic (exact) mass is 486 g/mol. The van der Waals surface area contributed by atoms with E-state index in [4.69, 9.17) is 27.9 Å². The first-order chi connectivity index (χ1) is 15.9. The second-order valence-corrected chi connectivity index (χ2v) is 8.43. The molecule has 6 nitrogen and oxygen atoms in total. The van der Waals surface area contributed by atoms with E-state index in [1.54, 1.807) is 55.6 Å².